The van der Waals surface area contributed by atoms with Crippen molar-refractivity contribution in [1.29, 1.82) is 0 Å². The van der Waals surface area contributed by atoms with E-state index in [1.54, 1.807) is 17.4 Å². The first-order valence-corrected chi connectivity index (χ1v) is 7.36. The summed E-state index contributed by atoms with van der Waals surface area (Å²) in [5, 5.41) is 4.59. The number of hydrogen-bond donors (Lipinski definition) is 1. The quantitative estimate of drug-likeness (QED) is 0.823. The van der Waals surface area contributed by atoms with Crippen LogP contribution >= 0.6 is 11.3 Å². The molecule has 0 bridgehead atoms. The van der Waals surface area contributed by atoms with E-state index >= 15 is 0 Å². The topological polar surface area (TPSA) is 12.0 Å². The van der Waals surface area contributed by atoms with Crippen LogP contribution in [0, 0.1) is 11.7 Å². The van der Waals surface area contributed by atoms with Gasteiger partial charge in [-0.1, -0.05) is 20.8 Å². The Kier molecular flexibility index (Phi) is 4.36. The average Bonchev–Trinajstić information content (AvgIpc) is 2.71. The van der Waals surface area contributed by atoms with Gasteiger partial charge in [-0.3, -0.25) is 0 Å². The first kappa shape index (κ1) is 13.5. The van der Waals surface area contributed by atoms with E-state index in [-0.39, 0.29) is 5.82 Å². The SMILES string of the molecule is CCCNC(c1cc2cc(F)ccc2s1)C(C)C. The van der Waals surface area contributed by atoms with Gasteiger partial charge in [-0.2, -0.15) is 0 Å². The number of rotatable bonds is 5. The molecule has 0 saturated heterocycles. The summed E-state index contributed by atoms with van der Waals surface area (Å²) in [6.45, 7) is 7.63. The van der Waals surface area contributed by atoms with Gasteiger partial charge in [-0.25, -0.2) is 4.39 Å². The Hall–Kier alpha value is -0.930. The highest BCUT2D eigenvalue weighted by molar-refractivity contribution is 7.19. The van der Waals surface area contributed by atoms with Crippen LogP contribution in [0.15, 0.2) is 24.3 Å². The maximum absolute atomic E-state index is 13.2. The van der Waals surface area contributed by atoms with Crippen molar-refractivity contribution < 1.29 is 4.39 Å². The molecule has 1 atom stereocenters. The number of thiophene rings is 1. The lowest BCUT2D eigenvalue weighted by atomic mass is 10.0. The van der Waals surface area contributed by atoms with E-state index in [1.807, 2.05) is 6.07 Å². The average molecular weight is 265 g/mol. The van der Waals surface area contributed by atoms with Crippen molar-refractivity contribution in [2.45, 2.75) is 33.2 Å². The molecule has 0 aliphatic carbocycles. The highest BCUT2D eigenvalue weighted by atomic mass is 32.1. The van der Waals surface area contributed by atoms with Crippen molar-refractivity contribution >= 4 is 21.4 Å². The molecule has 3 heteroatoms. The zero-order chi connectivity index (χ0) is 13.1. The van der Waals surface area contributed by atoms with Gasteiger partial charge in [0.15, 0.2) is 0 Å². The molecule has 98 valence electrons. The summed E-state index contributed by atoms with van der Waals surface area (Å²) in [5.41, 5.74) is 0. The molecule has 1 nitrogen and oxygen atoms in total. The van der Waals surface area contributed by atoms with Gasteiger partial charge in [0, 0.05) is 15.6 Å². The molecule has 1 heterocycles. The monoisotopic (exact) mass is 265 g/mol. The van der Waals surface area contributed by atoms with E-state index in [9.17, 15) is 4.39 Å². The van der Waals surface area contributed by atoms with Crippen molar-refractivity contribution in [1.82, 2.24) is 5.32 Å². The van der Waals surface area contributed by atoms with E-state index in [4.69, 9.17) is 0 Å². The van der Waals surface area contributed by atoms with Gasteiger partial charge in [0.2, 0.25) is 0 Å². The minimum atomic E-state index is -0.158. The van der Waals surface area contributed by atoms with Crippen LogP contribution < -0.4 is 5.32 Å². The number of halogens is 1. The first-order chi connectivity index (χ1) is 8.61. The molecule has 1 N–H and O–H groups in total. The normalized spacial score (nSPS) is 13.4. The van der Waals surface area contributed by atoms with Gasteiger partial charge in [-0.05, 0) is 48.5 Å². The fourth-order valence-electron chi connectivity index (χ4n) is 2.15. The lowest BCUT2D eigenvalue weighted by Gasteiger charge is -2.20. The second-order valence-corrected chi connectivity index (χ2v) is 6.12. The highest BCUT2D eigenvalue weighted by Crippen LogP contribution is 2.33. The molecule has 1 aromatic carbocycles. The zero-order valence-corrected chi connectivity index (χ0v) is 12.0. The molecule has 18 heavy (non-hydrogen) atoms. The zero-order valence-electron chi connectivity index (χ0n) is 11.2. The molecule has 0 aliphatic heterocycles. The molecule has 1 aromatic heterocycles. The molecule has 0 saturated carbocycles. The van der Waals surface area contributed by atoms with E-state index < -0.39 is 0 Å². The largest absolute Gasteiger partial charge is 0.309 e. The Morgan fingerprint density at radius 3 is 2.72 bits per heavy atom. The molecule has 2 rings (SSSR count). The Bertz CT molecular complexity index is 518. The molecule has 0 fully saturated rings. The fraction of sp³-hybridized carbons (Fsp3) is 0.467. The summed E-state index contributed by atoms with van der Waals surface area (Å²) in [4.78, 5) is 1.30. The number of nitrogens with one attached hydrogen (secondary N) is 1. The van der Waals surface area contributed by atoms with Crippen molar-refractivity contribution in [3.05, 3.63) is 35.0 Å². The van der Waals surface area contributed by atoms with Crippen molar-refractivity contribution in [2.75, 3.05) is 6.54 Å². The third kappa shape index (κ3) is 2.90. The summed E-state index contributed by atoms with van der Waals surface area (Å²) in [6.07, 6.45) is 1.13. The molecular weight excluding hydrogens is 245 g/mol. The van der Waals surface area contributed by atoms with Gasteiger partial charge in [0.05, 0.1) is 0 Å². The summed E-state index contributed by atoms with van der Waals surface area (Å²) in [6, 6.07) is 7.51. The first-order valence-electron chi connectivity index (χ1n) is 6.54. The minimum absolute atomic E-state index is 0.158. The predicted molar refractivity (Wildman–Crippen MR) is 77.7 cm³/mol. The van der Waals surface area contributed by atoms with Crippen LogP contribution in [0.2, 0.25) is 0 Å². The number of fused-ring (bicyclic) bond motifs is 1. The fourth-order valence-corrected chi connectivity index (χ4v) is 3.45. The maximum Gasteiger partial charge on any atom is 0.123 e. The highest BCUT2D eigenvalue weighted by Gasteiger charge is 2.17. The summed E-state index contributed by atoms with van der Waals surface area (Å²) in [7, 11) is 0. The lowest BCUT2D eigenvalue weighted by Crippen LogP contribution is -2.25. The summed E-state index contributed by atoms with van der Waals surface area (Å²) < 4.78 is 14.4. The van der Waals surface area contributed by atoms with Crippen LogP contribution in [0.4, 0.5) is 4.39 Å². The smallest absolute Gasteiger partial charge is 0.123 e. The van der Waals surface area contributed by atoms with Gasteiger partial charge in [0.25, 0.3) is 0 Å². The number of hydrogen-bond acceptors (Lipinski definition) is 2. The third-order valence-corrected chi connectivity index (χ3v) is 4.28. The van der Waals surface area contributed by atoms with Crippen LogP contribution in [0.1, 0.15) is 38.1 Å². The van der Waals surface area contributed by atoms with Crippen LogP contribution in [-0.2, 0) is 0 Å². The van der Waals surface area contributed by atoms with E-state index in [2.05, 4.69) is 32.2 Å². The molecule has 0 amide bonds. The molecule has 2 aromatic rings. The third-order valence-electron chi connectivity index (χ3n) is 3.08. The van der Waals surface area contributed by atoms with E-state index in [1.165, 1.54) is 10.9 Å². The van der Waals surface area contributed by atoms with E-state index in [0.717, 1.165) is 23.1 Å². The van der Waals surface area contributed by atoms with Crippen molar-refractivity contribution in [2.24, 2.45) is 5.92 Å². The van der Waals surface area contributed by atoms with Crippen LogP contribution in [0.5, 0.6) is 0 Å². The Morgan fingerprint density at radius 1 is 1.28 bits per heavy atom. The second-order valence-electron chi connectivity index (χ2n) is 5.01. The molecule has 0 radical (unpaired) electrons. The van der Waals surface area contributed by atoms with Crippen molar-refractivity contribution in [3.63, 3.8) is 0 Å². The minimum Gasteiger partial charge on any atom is -0.309 e. The standard InChI is InChI=1S/C15H20FNS/c1-4-7-17-15(10(2)3)14-9-11-8-12(16)5-6-13(11)18-14/h5-6,8-10,15,17H,4,7H2,1-3H3. The maximum atomic E-state index is 13.2. The second kappa shape index (κ2) is 5.81. The Morgan fingerprint density at radius 2 is 2.06 bits per heavy atom. The Labute approximate surface area is 112 Å². The summed E-state index contributed by atoms with van der Waals surface area (Å²) in [5.74, 6) is 0.379. The van der Waals surface area contributed by atoms with E-state index in [0.29, 0.717) is 12.0 Å². The lowest BCUT2D eigenvalue weighted by molar-refractivity contribution is 0.419. The van der Waals surface area contributed by atoms with Gasteiger partial charge in [0.1, 0.15) is 5.82 Å². The van der Waals surface area contributed by atoms with Gasteiger partial charge in [-0.15, -0.1) is 11.3 Å². The van der Waals surface area contributed by atoms with Gasteiger partial charge < -0.3 is 5.32 Å². The van der Waals surface area contributed by atoms with Gasteiger partial charge >= 0.3 is 0 Å². The predicted octanol–water partition coefficient (Wildman–Crippen LogP) is 4.74. The Balaban J connectivity index is 2.32. The van der Waals surface area contributed by atoms with Crippen molar-refractivity contribution in [3.8, 4) is 0 Å². The molecule has 1 unspecified atom stereocenters. The molecule has 0 aliphatic rings. The molecule has 0 spiro atoms. The van der Waals surface area contributed by atoms with Crippen LogP contribution in [0.3, 0.4) is 0 Å². The number of benzene rings is 1. The summed E-state index contributed by atoms with van der Waals surface area (Å²) >= 11 is 1.76. The van der Waals surface area contributed by atoms with Crippen LogP contribution in [-0.4, -0.2) is 6.54 Å². The van der Waals surface area contributed by atoms with Crippen LogP contribution in [0.25, 0.3) is 10.1 Å². The molecular formula is C15H20FNS.